The largest absolute Gasteiger partial charge is 0.351 e. The number of carbonyl (C=O) groups excluding carboxylic acids is 1. The Kier molecular flexibility index (Phi) is 4.84. The number of nitrogen functional groups attached to an aromatic ring is 1. The molecule has 0 aliphatic carbocycles. The molecule has 2 aromatic rings. The number of hydrogen-bond donors (Lipinski definition) is 2. The Labute approximate surface area is 132 Å². The number of nitrogens with zero attached hydrogens (tertiary/aromatic N) is 2. The van der Waals surface area contributed by atoms with E-state index in [2.05, 4.69) is 15.6 Å². The first kappa shape index (κ1) is 15.4. The second-order valence-corrected chi connectivity index (χ2v) is 5.27. The second-order valence-electron chi connectivity index (χ2n) is 5.27. The van der Waals surface area contributed by atoms with Crippen LogP contribution in [0.25, 0.3) is 0 Å². The Morgan fingerprint density at radius 1 is 1.35 bits per heavy atom. The number of amides is 1. The summed E-state index contributed by atoms with van der Waals surface area (Å²) in [5, 5.41) is 3.73. The van der Waals surface area contributed by atoms with Gasteiger partial charge in [-0.15, -0.1) is 0 Å². The predicted octanol–water partition coefficient (Wildman–Crippen LogP) is 1.43. The molecule has 1 aliphatic heterocycles. The molecule has 0 bridgehead atoms. The highest BCUT2D eigenvalue weighted by atomic mass is 16.8. The van der Waals surface area contributed by atoms with E-state index in [4.69, 9.17) is 19.8 Å². The molecule has 1 atom stereocenters. The van der Waals surface area contributed by atoms with Gasteiger partial charge >= 0.3 is 6.01 Å². The SMILES string of the molecule is Nc1nc(Cc2ccc(C(=O)NOC3CCCCO3)cc2)no1. The molecular weight excluding hydrogens is 300 g/mol. The Bertz CT molecular complexity index is 650. The Balaban J connectivity index is 1.52. The Morgan fingerprint density at radius 3 is 2.83 bits per heavy atom. The number of ether oxygens (including phenoxy) is 1. The van der Waals surface area contributed by atoms with Gasteiger partial charge in [-0.2, -0.15) is 4.98 Å². The molecule has 1 amide bonds. The van der Waals surface area contributed by atoms with Crippen molar-refractivity contribution < 1.29 is 18.9 Å². The number of anilines is 1. The van der Waals surface area contributed by atoms with Gasteiger partial charge in [0, 0.05) is 25.0 Å². The van der Waals surface area contributed by atoms with Gasteiger partial charge in [-0.1, -0.05) is 17.3 Å². The third-order valence-electron chi connectivity index (χ3n) is 3.48. The topological polar surface area (TPSA) is 112 Å². The first-order valence-electron chi connectivity index (χ1n) is 7.45. The molecule has 1 aromatic carbocycles. The Morgan fingerprint density at radius 2 is 2.17 bits per heavy atom. The molecule has 0 radical (unpaired) electrons. The molecule has 3 N–H and O–H groups in total. The van der Waals surface area contributed by atoms with Crippen molar-refractivity contribution in [2.75, 3.05) is 12.3 Å². The number of aromatic nitrogens is 2. The van der Waals surface area contributed by atoms with Gasteiger partial charge in [-0.3, -0.25) is 4.79 Å². The summed E-state index contributed by atoms with van der Waals surface area (Å²) in [6, 6.07) is 7.09. The van der Waals surface area contributed by atoms with E-state index in [9.17, 15) is 4.79 Å². The molecule has 1 aromatic heterocycles. The average molecular weight is 318 g/mol. The number of benzene rings is 1. The molecule has 2 heterocycles. The Hall–Kier alpha value is -2.45. The number of carbonyl (C=O) groups is 1. The number of hydrogen-bond acceptors (Lipinski definition) is 7. The standard InChI is InChI=1S/C15H18N4O4/c16-15-17-12(18-23-15)9-10-4-6-11(7-5-10)14(20)19-22-13-3-1-2-8-21-13/h4-7,13H,1-3,8-9H2,(H,19,20)(H2,16,17,18). The molecule has 23 heavy (non-hydrogen) atoms. The quantitative estimate of drug-likeness (QED) is 0.802. The van der Waals surface area contributed by atoms with Gasteiger partial charge < -0.3 is 15.0 Å². The monoisotopic (exact) mass is 318 g/mol. The molecule has 0 saturated carbocycles. The molecule has 1 aliphatic rings. The highest BCUT2D eigenvalue weighted by Crippen LogP contribution is 2.13. The molecule has 0 spiro atoms. The van der Waals surface area contributed by atoms with E-state index < -0.39 is 0 Å². The van der Waals surface area contributed by atoms with E-state index in [1.165, 1.54) is 0 Å². The van der Waals surface area contributed by atoms with E-state index in [1.54, 1.807) is 12.1 Å². The van der Waals surface area contributed by atoms with Crippen molar-refractivity contribution in [1.82, 2.24) is 15.6 Å². The van der Waals surface area contributed by atoms with Crippen LogP contribution in [0.4, 0.5) is 6.01 Å². The summed E-state index contributed by atoms with van der Waals surface area (Å²) in [5.74, 6) is 0.187. The summed E-state index contributed by atoms with van der Waals surface area (Å²) in [6.07, 6.45) is 2.97. The summed E-state index contributed by atoms with van der Waals surface area (Å²) in [7, 11) is 0. The van der Waals surface area contributed by atoms with Crippen LogP contribution >= 0.6 is 0 Å². The van der Waals surface area contributed by atoms with Gasteiger partial charge in [0.25, 0.3) is 5.91 Å². The van der Waals surface area contributed by atoms with E-state index in [0.29, 0.717) is 24.4 Å². The van der Waals surface area contributed by atoms with Crippen LogP contribution in [0.15, 0.2) is 28.8 Å². The number of rotatable bonds is 5. The van der Waals surface area contributed by atoms with Crippen molar-refractivity contribution in [3.8, 4) is 0 Å². The highest BCUT2D eigenvalue weighted by Gasteiger charge is 2.16. The van der Waals surface area contributed by atoms with Crippen LogP contribution in [-0.4, -0.2) is 28.9 Å². The number of hydroxylamine groups is 1. The molecular formula is C15H18N4O4. The molecule has 8 heteroatoms. The van der Waals surface area contributed by atoms with Crippen molar-refractivity contribution in [3.05, 3.63) is 41.2 Å². The predicted molar refractivity (Wildman–Crippen MR) is 80.1 cm³/mol. The molecule has 122 valence electrons. The summed E-state index contributed by atoms with van der Waals surface area (Å²) < 4.78 is 10.1. The van der Waals surface area contributed by atoms with Crippen molar-refractivity contribution in [3.63, 3.8) is 0 Å². The van der Waals surface area contributed by atoms with Gasteiger partial charge in [0.1, 0.15) is 0 Å². The molecule has 1 saturated heterocycles. The summed E-state index contributed by atoms with van der Waals surface area (Å²) in [4.78, 5) is 21.2. The van der Waals surface area contributed by atoms with Gasteiger partial charge in [0.15, 0.2) is 12.1 Å². The zero-order valence-electron chi connectivity index (χ0n) is 12.5. The lowest BCUT2D eigenvalue weighted by atomic mass is 10.1. The minimum Gasteiger partial charge on any atom is -0.351 e. The van der Waals surface area contributed by atoms with Crippen LogP contribution in [0.2, 0.25) is 0 Å². The summed E-state index contributed by atoms with van der Waals surface area (Å²) in [6.45, 7) is 0.663. The van der Waals surface area contributed by atoms with E-state index in [1.807, 2.05) is 12.1 Å². The van der Waals surface area contributed by atoms with Crippen molar-refractivity contribution in [2.24, 2.45) is 0 Å². The number of nitrogens with one attached hydrogen (secondary N) is 1. The fourth-order valence-corrected chi connectivity index (χ4v) is 2.28. The summed E-state index contributed by atoms with van der Waals surface area (Å²) in [5.41, 5.74) is 9.24. The van der Waals surface area contributed by atoms with Crippen LogP contribution in [0, 0.1) is 0 Å². The van der Waals surface area contributed by atoms with Gasteiger partial charge in [0.2, 0.25) is 0 Å². The van der Waals surface area contributed by atoms with Crippen LogP contribution in [0.3, 0.4) is 0 Å². The lowest BCUT2D eigenvalue weighted by molar-refractivity contribution is -0.186. The normalized spacial score (nSPS) is 17.8. The van der Waals surface area contributed by atoms with Gasteiger partial charge in [0.05, 0.1) is 0 Å². The zero-order valence-corrected chi connectivity index (χ0v) is 12.5. The van der Waals surface area contributed by atoms with E-state index in [-0.39, 0.29) is 18.2 Å². The van der Waals surface area contributed by atoms with Crippen LogP contribution in [0.5, 0.6) is 0 Å². The van der Waals surface area contributed by atoms with Crippen LogP contribution in [0.1, 0.15) is 41.0 Å². The lowest BCUT2D eigenvalue weighted by Crippen LogP contribution is -2.33. The van der Waals surface area contributed by atoms with Crippen molar-refractivity contribution >= 4 is 11.9 Å². The smallest absolute Gasteiger partial charge is 0.318 e. The first-order chi connectivity index (χ1) is 11.2. The highest BCUT2D eigenvalue weighted by molar-refractivity contribution is 5.93. The summed E-state index contributed by atoms with van der Waals surface area (Å²) >= 11 is 0. The molecule has 1 fully saturated rings. The lowest BCUT2D eigenvalue weighted by Gasteiger charge is -2.22. The maximum Gasteiger partial charge on any atom is 0.318 e. The van der Waals surface area contributed by atoms with Gasteiger partial charge in [-0.25, -0.2) is 10.3 Å². The van der Waals surface area contributed by atoms with Crippen LogP contribution in [-0.2, 0) is 16.0 Å². The fraction of sp³-hybridized carbons (Fsp3) is 0.400. The van der Waals surface area contributed by atoms with Crippen molar-refractivity contribution in [2.45, 2.75) is 32.0 Å². The average Bonchev–Trinajstić information content (AvgIpc) is 2.99. The fourth-order valence-electron chi connectivity index (χ4n) is 2.28. The van der Waals surface area contributed by atoms with E-state index in [0.717, 1.165) is 24.8 Å². The minimum absolute atomic E-state index is 0.0399. The maximum absolute atomic E-state index is 12.0. The minimum atomic E-state index is -0.365. The van der Waals surface area contributed by atoms with Gasteiger partial charge in [-0.05, 0) is 30.5 Å². The molecule has 8 nitrogen and oxygen atoms in total. The van der Waals surface area contributed by atoms with Crippen molar-refractivity contribution in [1.29, 1.82) is 0 Å². The third-order valence-corrected chi connectivity index (χ3v) is 3.48. The zero-order chi connectivity index (χ0) is 16.1. The first-order valence-corrected chi connectivity index (χ1v) is 7.45. The number of nitrogens with two attached hydrogens (primary N) is 1. The molecule has 3 rings (SSSR count). The maximum atomic E-state index is 12.0. The van der Waals surface area contributed by atoms with Crippen LogP contribution < -0.4 is 11.2 Å². The molecule has 1 unspecified atom stereocenters. The third kappa shape index (κ3) is 4.27. The van der Waals surface area contributed by atoms with E-state index >= 15 is 0 Å². The second kappa shape index (κ2) is 7.21.